The summed E-state index contributed by atoms with van der Waals surface area (Å²) in [6.45, 7) is 0. The first-order valence-corrected chi connectivity index (χ1v) is 6.79. The predicted octanol–water partition coefficient (Wildman–Crippen LogP) is 2.07. The highest BCUT2D eigenvalue weighted by Crippen LogP contribution is 2.40. The molecule has 2 heteroatoms. The average Bonchev–Trinajstić information content (AvgIpc) is 2.27. The molecule has 3 aliphatic rings. The molecule has 2 aliphatic carbocycles. The molecule has 2 nitrogen and oxygen atoms in total. The second kappa shape index (κ2) is 4.06. The molecular weight excluding hydrogens is 186 g/mol. The van der Waals surface area contributed by atoms with E-state index in [0.717, 1.165) is 18.4 Å². The van der Waals surface area contributed by atoms with Gasteiger partial charge in [-0.15, -0.1) is 0 Å². The fraction of sp³-hybridized carbons (Fsp3) is 1.00. The Hall–Kier alpha value is -0.0800. The van der Waals surface area contributed by atoms with Crippen molar-refractivity contribution in [1.29, 1.82) is 0 Å². The van der Waals surface area contributed by atoms with Crippen LogP contribution < -0.4 is 5.32 Å². The standard InChI is InChI=1S/C13H23NO/c15-13-7-3-6-12-10(13)8-9-4-1-2-5-11(9)14-12/h9-15H,1-8H2. The van der Waals surface area contributed by atoms with Crippen molar-refractivity contribution >= 4 is 0 Å². The number of piperidine rings is 1. The van der Waals surface area contributed by atoms with Crippen LogP contribution >= 0.6 is 0 Å². The summed E-state index contributed by atoms with van der Waals surface area (Å²) in [7, 11) is 0. The number of hydrogen-bond donors (Lipinski definition) is 2. The fourth-order valence-corrected chi connectivity index (χ4v) is 4.11. The maximum Gasteiger partial charge on any atom is 0.0583 e. The number of hydrogen-bond acceptors (Lipinski definition) is 2. The van der Waals surface area contributed by atoms with E-state index in [1.165, 1.54) is 44.9 Å². The van der Waals surface area contributed by atoms with Crippen LogP contribution in [0.15, 0.2) is 0 Å². The molecule has 5 atom stereocenters. The third kappa shape index (κ3) is 1.83. The van der Waals surface area contributed by atoms with Gasteiger partial charge in [-0.2, -0.15) is 0 Å². The first-order valence-electron chi connectivity index (χ1n) is 6.79. The maximum atomic E-state index is 10.1. The average molecular weight is 209 g/mol. The molecule has 0 aromatic rings. The Kier molecular flexibility index (Phi) is 2.73. The molecule has 0 aromatic heterocycles. The lowest BCUT2D eigenvalue weighted by atomic mass is 9.68. The Bertz CT molecular complexity index is 231. The van der Waals surface area contributed by atoms with Gasteiger partial charge in [0.05, 0.1) is 6.10 Å². The van der Waals surface area contributed by atoms with Gasteiger partial charge in [0.15, 0.2) is 0 Å². The van der Waals surface area contributed by atoms with Gasteiger partial charge in [0.2, 0.25) is 0 Å². The van der Waals surface area contributed by atoms with Crippen molar-refractivity contribution in [3.63, 3.8) is 0 Å². The van der Waals surface area contributed by atoms with Gasteiger partial charge >= 0.3 is 0 Å². The summed E-state index contributed by atoms with van der Waals surface area (Å²) >= 11 is 0. The molecule has 1 aliphatic heterocycles. The first-order chi connectivity index (χ1) is 7.34. The van der Waals surface area contributed by atoms with Crippen LogP contribution in [0.5, 0.6) is 0 Å². The molecule has 86 valence electrons. The van der Waals surface area contributed by atoms with Gasteiger partial charge in [0.25, 0.3) is 0 Å². The van der Waals surface area contributed by atoms with Gasteiger partial charge in [-0.25, -0.2) is 0 Å². The van der Waals surface area contributed by atoms with E-state index < -0.39 is 0 Å². The molecule has 2 N–H and O–H groups in total. The normalized spacial score (nSPS) is 50.6. The second-order valence-corrected chi connectivity index (χ2v) is 5.82. The lowest BCUT2D eigenvalue weighted by Crippen LogP contribution is -2.57. The Balaban J connectivity index is 1.71. The Labute approximate surface area is 92.4 Å². The summed E-state index contributed by atoms with van der Waals surface area (Å²) in [5.41, 5.74) is 0. The summed E-state index contributed by atoms with van der Waals surface area (Å²) in [6.07, 6.45) is 10.4. The topological polar surface area (TPSA) is 32.3 Å². The molecule has 1 heterocycles. The van der Waals surface area contributed by atoms with Gasteiger partial charge in [-0.05, 0) is 44.4 Å². The Morgan fingerprint density at radius 2 is 1.67 bits per heavy atom. The van der Waals surface area contributed by atoms with Crippen LogP contribution in [0.1, 0.15) is 51.4 Å². The molecule has 0 amide bonds. The van der Waals surface area contributed by atoms with Crippen LogP contribution in [-0.2, 0) is 0 Å². The Morgan fingerprint density at radius 1 is 0.867 bits per heavy atom. The smallest absolute Gasteiger partial charge is 0.0583 e. The number of aliphatic hydroxyl groups is 1. The summed E-state index contributed by atoms with van der Waals surface area (Å²) in [5, 5.41) is 13.9. The van der Waals surface area contributed by atoms with Gasteiger partial charge in [-0.1, -0.05) is 12.8 Å². The lowest BCUT2D eigenvalue weighted by molar-refractivity contribution is -0.00586. The van der Waals surface area contributed by atoms with Crippen molar-refractivity contribution in [1.82, 2.24) is 5.32 Å². The lowest BCUT2D eigenvalue weighted by Gasteiger charge is -2.48. The van der Waals surface area contributed by atoms with Crippen LogP contribution in [0.4, 0.5) is 0 Å². The van der Waals surface area contributed by atoms with E-state index in [1.54, 1.807) is 0 Å². The van der Waals surface area contributed by atoms with Gasteiger partial charge in [-0.3, -0.25) is 0 Å². The van der Waals surface area contributed by atoms with E-state index in [1.807, 2.05) is 0 Å². The van der Waals surface area contributed by atoms with Gasteiger partial charge in [0.1, 0.15) is 0 Å². The zero-order chi connectivity index (χ0) is 10.3. The molecule has 3 rings (SSSR count). The minimum absolute atomic E-state index is 0.0147. The van der Waals surface area contributed by atoms with Crippen LogP contribution in [0.25, 0.3) is 0 Å². The van der Waals surface area contributed by atoms with Crippen molar-refractivity contribution in [3.8, 4) is 0 Å². The van der Waals surface area contributed by atoms with E-state index in [0.29, 0.717) is 12.0 Å². The molecule has 0 aromatic carbocycles. The summed E-state index contributed by atoms with van der Waals surface area (Å²) in [6, 6.07) is 1.42. The van der Waals surface area contributed by atoms with E-state index >= 15 is 0 Å². The van der Waals surface area contributed by atoms with Gasteiger partial charge in [0, 0.05) is 18.0 Å². The zero-order valence-electron chi connectivity index (χ0n) is 9.49. The minimum Gasteiger partial charge on any atom is -0.393 e. The third-order valence-electron chi connectivity index (χ3n) is 4.94. The van der Waals surface area contributed by atoms with Crippen molar-refractivity contribution in [3.05, 3.63) is 0 Å². The quantitative estimate of drug-likeness (QED) is 0.640. The van der Waals surface area contributed by atoms with Gasteiger partial charge < -0.3 is 10.4 Å². The van der Waals surface area contributed by atoms with E-state index in [9.17, 15) is 5.11 Å². The van der Waals surface area contributed by atoms with Crippen molar-refractivity contribution in [2.45, 2.75) is 69.6 Å². The third-order valence-corrected chi connectivity index (χ3v) is 4.94. The highest BCUT2D eigenvalue weighted by molar-refractivity contribution is 4.97. The number of rotatable bonds is 0. The SMILES string of the molecule is OC1CCCC2NC3CCCCC3CC12. The fourth-order valence-electron chi connectivity index (χ4n) is 4.11. The van der Waals surface area contributed by atoms with E-state index in [-0.39, 0.29) is 6.10 Å². The summed E-state index contributed by atoms with van der Waals surface area (Å²) in [5.74, 6) is 1.44. The molecule has 0 spiro atoms. The van der Waals surface area contributed by atoms with Crippen molar-refractivity contribution < 1.29 is 5.11 Å². The molecule has 15 heavy (non-hydrogen) atoms. The molecule has 0 radical (unpaired) electrons. The largest absolute Gasteiger partial charge is 0.393 e. The predicted molar refractivity (Wildman–Crippen MR) is 60.6 cm³/mol. The zero-order valence-corrected chi connectivity index (χ0v) is 9.49. The molecule has 1 saturated heterocycles. The monoisotopic (exact) mass is 209 g/mol. The van der Waals surface area contributed by atoms with Crippen molar-refractivity contribution in [2.24, 2.45) is 11.8 Å². The Morgan fingerprint density at radius 3 is 2.60 bits per heavy atom. The summed E-state index contributed by atoms with van der Waals surface area (Å²) < 4.78 is 0. The molecule has 0 bridgehead atoms. The van der Waals surface area contributed by atoms with Crippen molar-refractivity contribution in [2.75, 3.05) is 0 Å². The maximum absolute atomic E-state index is 10.1. The molecule has 5 unspecified atom stereocenters. The highest BCUT2D eigenvalue weighted by Gasteiger charge is 2.41. The number of nitrogens with one attached hydrogen (secondary N) is 1. The van der Waals surface area contributed by atoms with E-state index in [4.69, 9.17) is 0 Å². The second-order valence-electron chi connectivity index (χ2n) is 5.82. The van der Waals surface area contributed by atoms with E-state index in [2.05, 4.69) is 5.32 Å². The van der Waals surface area contributed by atoms with Crippen LogP contribution in [-0.4, -0.2) is 23.3 Å². The molecular formula is C13H23NO. The molecule has 2 saturated carbocycles. The highest BCUT2D eigenvalue weighted by atomic mass is 16.3. The summed E-state index contributed by atoms with van der Waals surface area (Å²) in [4.78, 5) is 0. The number of aliphatic hydroxyl groups excluding tert-OH is 1. The number of fused-ring (bicyclic) bond motifs is 2. The van der Waals surface area contributed by atoms with Crippen LogP contribution in [0.3, 0.4) is 0 Å². The minimum atomic E-state index is -0.0147. The molecule has 3 fully saturated rings. The van der Waals surface area contributed by atoms with Crippen LogP contribution in [0.2, 0.25) is 0 Å². The van der Waals surface area contributed by atoms with Crippen LogP contribution in [0, 0.1) is 11.8 Å². The first kappa shape index (κ1) is 10.1.